The van der Waals surface area contributed by atoms with Crippen LogP contribution in [0.15, 0.2) is 194 Å². The maximum atomic E-state index is 2.66. The summed E-state index contributed by atoms with van der Waals surface area (Å²) in [5.74, 6) is 0.577. The molecule has 1 nitrogen and oxygen atoms in total. The molecule has 2 heterocycles. The van der Waals surface area contributed by atoms with Crippen LogP contribution in [0.1, 0.15) is 47.4 Å². The highest BCUT2D eigenvalue weighted by atomic mass is 15.2. The van der Waals surface area contributed by atoms with Gasteiger partial charge in [-0.1, -0.05) is 176 Å². The van der Waals surface area contributed by atoms with Crippen LogP contribution in [-0.2, 0) is 5.54 Å². The Hall–Kier alpha value is -7.22. The molecular weight excluding hydrogens is 723 g/mol. The van der Waals surface area contributed by atoms with Gasteiger partial charge in [0.25, 0.3) is 0 Å². The minimum Gasteiger partial charge on any atom is -0.331 e. The number of nitrogens with zero attached hydrogens (tertiary/aromatic N) is 1. The van der Waals surface area contributed by atoms with Gasteiger partial charge in [-0.3, -0.25) is 0 Å². The average Bonchev–Trinajstić information content (AvgIpc) is 3.58. The topological polar surface area (TPSA) is 3.24 Å². The molecule has 1 saturated carbocycles. The van der Waals surface area contributed by atoms with Crippen molar-refractivity contribution in [2.75, 3.05) is 4.90 Å². The molecule has 10 aromatic carbocycles. The van der Waals surface area contributed by atoms with Gasteiger partial charge in [-0.05, 0) is 154 Å². The average molecular weight is 764 g/mol. The molecule has 60 heavy (non-hydrogen) atoms. The first-order valence-electron chi connectivity index (χ1n) is 21.5. The van der Waals surface area contributed by atoms with Crippen LogP contribution >= 0.6 is 0 Å². The number of allylic oxidation sites excluding steroid dienone is 2. The van der Waals surface area contributed by atoms with Gasteiger partial charge in [0.1, 0.15) is 0 Å². The predicted molar refractivity (Wildman–Crippen MR) is 256 cm³/mol. The molecule has 0 aromatic heterocycles. The molecule has 1 heteroatoms. The van der Waals surface area contributed by atoms with Crippen LogP contribution in [0, 0.1) is 0 Å². The third kappa shape index (κ3) is 4.87. The third-order valence-corrected chi connectivity index (χ3v) is 14.1. The van der Waals surface area contributed by atoms with E-state index in [1.54, 1.807) is 0 Å². The van der Waals surface area contributed by atoms with Crippen molar-refractivity contribution in [2.24, 2.45) is 0 Å². The molecule has 0 spiro atoms. The number of para-hydroxylation sites is 1. The second-order valence-electron chi connectivity index (χ2n) is 17.2. The summed E-state index contributed by atoms with van der Waals surface area (Å²) in [7, 11) is 0. The molecule has 0 N–H and O–H groups in total. The zero-order chi connectivity index (χ0) is 39.4. The van der Waals surface area contributed by atoms with Crippen molar-refractivity contribution >= 4 is 77.4 Å². The summed E-state index contributed by atoms with van der Waals surface area (Å²) in [4.78, 5) is 2.66. The fourth-order valence-electron chi connectivity index (χ4n) is 11.3. The summed E-state index contributed by atoms with van der Waals surface area (Å²) in [6.07, 6.45) is 12.4. The highest BCUT2D eigenvalue weighted by Gasteiger charge is 2.55. The Bertz CT molecular complexity index is 3420. The van der Waals surface area contributed by atoms with E-state index < -0.39 is 0 Å². The molecule has 0 saturated heterocycles. The van der Waals surface area contributed by atoms with Crippen LogP contribution in [-0.4, -0.2) is 0 Å². The van der Waals surface area contributed by atoms with Gasteiger partial charge in [0, 0.05) is 11.4 Å². The lowest BCUT2D eigenvalue weighted by Gasteiger charge is -2.61. The Morgan fingerprint density at radius 2 is 0.817 bits per heavy atom. The van der Waals surface area contributed by atoms with Crippen molar-refractivity contribution in [3.05, 3.63) is 216 Å². The molecule has 10 aromatic rings. The molecule has 2 aliphatic carbocycles. The first-order chi connectivity index (χ1) is 29.7. The van der Waals surface area contributed by atoms with E-state index in [2.05, 4.69) is 211 Å². The smallest absolute Gasteiger partial charge is 0.0714 e. The van der Waals surface area contributed by atoms with E-state index >= 15 is 0 Å². The van der Waals surface area contributed by atoms with Crippen molar-refractivity contribution in [1.82, 2.24) is 0 Å². The molecule has 2 aliphatic heterocycles. The Morgan fingerprint density at radius 3 is 1.43 bits per heavy atom. The van der Waals surface area contributed by atoms with E-state index in [0.717, 1.165) is 19.3 Å². The second kappa shape index (κ2) is 12.9. The van der Waals surface area contributed by atoms with Crippen molar-refractivity contribution in [3.63, 3.8) is 0 Å². The van der Waals surface area contributed by atoms with Gasteiger partial charge in [0.2, 0.25) is 0 Å². The maximum Gasteiger partial charge on any atom is 0.0714 e. The van der Waals surface area contributed by atoms with Crippen LogP contribution in [0.2, 0.25) is 0 Å². The fraction of sp³-hybridized carbons (Fsp3) is 0.0847. The van der Waals surface area contributed by atoms with Gasteiger partial charge in [0.05, 0.1) is 5.54 Å². The molecular formula is C59H41N. The minimum absolute atomic E-state index is 0.0980. The molecule has 14 rings (SSSR count). The summed E-state index contributed by atoms with van der Waals surface area (Å²) >= 11 is 0. The highest BCUT2D eigenvalue weighted by Crippen LogP contribution is 2.64. The maximum absolute atomic E-state index is 2.66. The summed E-state index contributed by atoms with van der Waals surface area (Å²) in [6, 6.07) is 68.7. The fourth-order valence-corrected chi connectivity index (χ4v) is 11.3. The van der Waals surface area contributed by atoms with E-state index in [1.807, 2.05) is 0 Å². The predicted octanol–water partition coefficient (Wildman–Crippen LogP) is 16.1. The first kappa shape index (κ1) is 33.7. The number of hydrogen-bond donors (Lipinski definition) is 0. The highest BCUT2D eigenvalue weighted by molar-refractivity contribution is 6.25. The Labute approximate surface area is 350 Å². The Balaban J connectivity index is 0.880. The second-order valence-corrected chi connectivity index (χ2v) is 17.2. The normalized spacial score (nSPS) is 17.9. The van der Waals surface area contributed by atoms with E-state index in [0.29, 0.717) is 5.92 Å². The lowest BCUT2D eigenvalue weighted by molar-refractivity contribution is 0.189. The molecule has 1 fully saturated rings. The van der Waals surface area contributed by atoms with E-state index in [4.69, 9.17) is 0 Å². The SMILES string of the molecule is C1=Cc2c(c3ccc(-c4ccc(N5c6ccccc6C6CC5(c5ccc(-c7ccc8c9ccccc9c9ccccc9c8c7)cc5)C6)cc4)cc3c3ccccc23)C=CC1. The first-order valence-corrected chi connectivity index (χ1v) is 21.5. The quantitative estimate of drug-likeness (QED) is 0.161. The molecule has 0 radical (unpaired) electrons. The standard InChI is InChI=1S/C59H41N/c1-2-13-46-48-16-6-8-19-52(48)57-35-41(27-33-54(57)50(46)14-3-1)39-24-30-44(31-25-39)60-58-21-11-10-12-45(58)42-36-59(60,37-42)43-28-22-38(23-29-43)40-26-32-55-51-18-5-4-15-47(51)49-17-7-9-20-53(49)56(55)34-40/h2-35,42H,1,36-37H2. The number of anilines is 2. The molecule has 282 valence electrons. The number of benzene rings is 10. The molecule has 2 bridgehead atoms. The zero-order valence-electron chi connectivity index (χ0n) is 33.3. The zero-order valence-corrected chi connectivity index (χ0v) is 33.3. The number of rotatable bonds is 4. The van der Waals surface area contributed by atoms with Crippen LogP contribution in [0.5, 0.6) is 0 Å². The van der Waals surface area contributed by atoms with Crippen LogP contribution in [0.4, 0.5) is 11.4 Å². The van der Waals surface area contributed by atoms with Gasteiger partial charge in [0.15, 0.2) is 0 Å². The summed E-state index contributed by atoms with van der Waals surface area (Å²) in [5.41, 5.74) is 13.0. The molecule has 4 aliphatic rings. The van der Waals surface area contributed by atoms with E-state index in [-0.39, 0.29) is 5.54 Å². The van der Waals surface area contributed by atoms with Gasteiger partial charge in [-0.25, -0.2) is 0 Å². The van der Waals surface area contributed by atoms with Crippen molar-refractivity contribution < 1.29 is 0 Å². The number of fused-ring (bicyclic) bond motifs is 12. The molecule has 0 unspecified atom stereocenters. The monoisotopic (exact) mass is 763 g/mol. The lowest BCUT2D eigenvalue weighted by atomic mass is 9.58. The van der Waals surface area contributed by atoms with E-state index in [1.165, 1.54) is 110 Å². The summed E-state index contributed by atoms with van der Waals surface area (Å²) < 4.78 is 0. The van der Waals surface area contributed by atoms with Gasteiger partial charge in [-0.15, -0.1) is 0 Å². The van der Waals surface area contributed by atoms with Crippen molar-refractivity contribution in [2.45, 2.75) is 30.7 Å². The largest absolute Gasteiger partial charge is 0.331 e. The summed E-state index contributed by atoms with van der Waals surface area (Å²) in [5, 5.41) is 13.1. The number of hydrogen-bond acceptors (Lipinski definition) is 1. The van der Waals surface area contributed by atoms with Gasteiger partial charge in [-0.2, -0.15) is 0 Å². The van der Waals surface area contributed by atoms with Gasteiger partial charge >= 0.3 is 0 Å². The molecule has 0 amide bonds. The summed E-state index contributed by atoms with van der Waals surface area (Å²) in [6.45, 7) is 0. The van der Waals surface area contributed by atoms with Crippen LogP contribution in [0.25, 0.3) is 88.3 Å². The Morgan fingerprint density at radius 1 is 0.383 bits per heavy atom. The van der Waals surface area contributed by atoms with Crippen LogP contribution in [0.3, 0.4) is 0 Å². The van der Waals surface area contributed by atoms with E-state index in [9.17, 15) is 0 Å². The minimum atomic E-state index is -0.0980. The van der Waals surface area contributed by atoms with Gasteiger partial charge < -0.3 is 4.90 Å². The molecule has 0 atom stereocenters. The van der Waals surface area contributed by atoms with Crippen molar-refractivity contribution in [1.29, 1.82) is 0 Å². The van der Waals surface area contributed by atoms with Crippen LogP contribution < -0.4 is 4.90 Å². The third-order valence-electron chi connectivity index (χ3n) is 14.1. The lowest BCUT2D eigenvalue weighted by Crippen LogP contribution is -2.56. The van der Waals surface area contributed by atoms with Crippen molar-refractivity contribution in [3.8, 4) is 22.3 Å². The Kier molecular flexibility index (Phi) is 7.24.